The minimum absolute atomic E-state index is 0.0286. The SMILES string of the molecule is CCCCN(CCCC)C(O)c1cc(C)n(-c2ccc(N[Si]c3ccc(C(=O)OC)o3)cc2C(=O)N2Cc3ccccc3C[C@H]2CO)n1. The van der Waals surface area contributed by atoms with Gasteiger partial charge in [0.1, 0.15) is 11.1 Å². The number of fused-ring (bicyclic) bond motifs is 1. The summed E-state index contributed by atoms with van der Waals surface area (Å²) in [5, 5.41) is 27.2. The molecule has 1 aliphatic heterocycles. The van der Waals surface area contributed by atoms with E-state index in [9.17, 15) is 19.8 Å². The number of carbonyl (C=O) groups is 2. The van der Waals surface area contributed by atoms with E-state index in [0.29, 0.717) is 41.0 Å². The first-order valence-corrected chi connectivity index (χ1v) is 17.6. The van der Waals surface area contributed by atoms with Crippen LogP contribution >= 0.6 is 0 Å². The Hall–Kier alpha value is -4.23. The lowest BCUT2D eigenvalue weighted by molar-refractivity contribution is -0.00351. The number of unbranched alkanes of at least 4 members (excludes halogenated alkanes) is 2. The Balaban J connectivity index is 1.50. The maximum absolute atomic E-state index is 14.5. The van der Waals surface area contributed by atoms with Gasteiger partial charge in [0.25, 0.3) is 15.6 Å². The number of hydrogen-bond acceptors (Lipinski definition) is 9. The highest BCUT2D eigenvalue weighted by molar-refractivity contribution is 6.55. The van der Waals surface area contributed by atoms with E-state index < -0.39 is 12.2 Å². The number of aliphatic hydroxyl groups is 2. The quantitative estimate of drug-likeness (QED) is 0.0958. The molecule has 0 spiro atoms. The van der Waals surface area contributed by atoms with Crippen molar-refractivity contribution in [1.29, 1.82) is 0 Å². The highest BCUT2D eigenvalue weighted by Crippen LogP contribution is 2.29. The monoisotopic (exact) mass is 671 g/mol. The second-order valence-electron chi connectivity index (χ2n) is 12.1. The molecule has 2 aromatic carbocycles. The number of ether oxygens (including phenoxy) is 1. The number of carbonyl (C=O) groups excluding carboxylic acids is 2. The molecule has 4 aromatic rings. The van der Waals surface area contributed by atoms with E-state index in [-0.39, 0.29) is 34.0 Å². The molecule has 3 N–H and O–H groups in total. The first-order valence-electron chi connectivity index (χ1n) is 16.6. The van der Waals surface area contributed by atoms with Gasteiger partial charge in [0.2, 0.25) is 5.76 Å². The van der Waals surface area contributed by atoms with Crippen molar-refractivity contribution in [3.05, 3.63) is 94.5 Å². The van der Waals surface area contributed by atoms with E-state index in [4.69, 9.17) is 14.3 Å². The Morgan fingerprint density at radius 1 is 1.08 bits per heavy atom. The minimum Gasteiger partial charge on any atom is -0.463 e. The van der Waals surface area contributed by atoms with Gasteiger partial charge in [-0.15, -0.1) is 0 Å². The van der Waals surface area contributed by atoms with E-state index in [2.05, 4.69) is 23.7 Å². The molecule has 0 fully saturated rings. The molecule has 2 radical (unpaired) electrons. The van der Waals surface area contributed by atoms with E-state index >= 15 is 0 Å². The van der Waals surface area contributed by atoms with Crippen LogP contribution in [0, 0.1) is 6.92 Å². The molecular formula is C36H45N5O6Si. The second kappa shape index (κ2) is 16.2. The topological polar surface area (TPSA) is 133 Å². The zero-order valence-corrected chi connectivity index (χ0v) is 29.1. The van der Waals surface area contributed by atoms with Gasteiger partial charge in [0, 0.05) is 31.0 Å². The van der Waals surface area contributed by atoms with Crippen molar-refractivity contribution in [3.8, 4) is 5.69 Å². The molecule has 0 bridgehead atoms. The maximum Gasteiger partial charge on any atom is 0.373 e. The third kappa shape index (κ3) is 7.89. The van der Waals surface area contributed by atoms with E-state index in [1.54, 1.807) is 27.8 Å². The number of amides is 1. The Morgan fingerprint density at radius 2 is 1.81 bits per heavy atom. The zero-order valence-electron chi connectivity index (χ0n) is 28.1. The molecule has 1 aliphatic rings. The number of furan rings is 1. The number of hydrogen-bond donors (Lipinski definition) is 3. The van der Waals surface area contributed by atoms with Crippen LogP contribution in [0.1, 0.15) is 89.2 Å². The molecule has 48 heavy (non-hydrogen) atoms. The van der Waals surface area contributed by atoms with Gasteiger partial charge in [-0.2, -0.15) is 5.10 Å². The van der Waals surface area contributed by atoms with Gasteiger partial charge in [-0.1, -0.05) is 51.0 Å². The lowest BCUT2D eigenvalue weighted by atomic mass is 9.93. The molecule has 1 unspecified atom stereocenters. The standard InChI is InChI=1S/C36H45N5O6Si/c1-5-7-17-39(18-8-6-2)35(44)30-19-24(3)41(37-30)31-14-13-27(38-48-33-16-15-32(47-33)36(45)46-4)21-29(31)34(43)40-22-26-12-10-9-11-25(26)20-28(40)23-42/h9-16,19,21,28,35,38,42,44H,5-8,17-18,20,22-23H2,1-4H3/t28-,35?/m0/s1. The third-order valence-electron chi connectivity index (χ3n) is 8.72. The largest absolute Gasteiger partial charge is 0.463 e. The van der Waals surface area contributed by atoms with Crippen molar-refractivity contribution in [2.45, 2.75) is 71.7 Å². The highest BCUT2D eigenvalue weighted by atomic mass is 28.2. The molecule has 3 heterocycles. The first-order chi connectivity index (χ1) is 23.3. The van der Waals surface area contributed by atoms with Crippen molar-refractivity contribution in [2.75, 3.05) is 31.8 Å². The summed E-state index contributed by atoms with van der Waals surface area (Å²) in [6, 6.07) is 18.3. The Labute approximate surface area is 284 Å². The fraction of sp³-hybridized carbons (Fsp3) is 0.417. The van der Waals surface area contributed by atoms with Gasteiger partial charge >= 0.3 is 5.97 Å². The number of nitrogens with zero attached hydrogens (tertiary/aromatic N) is 4. The number of aryl methyl sites for hydroxylation is 1. The van der Waals surface area contributed by atoms with Gasteiger partial charge in [-0.3, -0.25) is 9.69 Å². The zero-order chi connectivity index (χ0) is 34.2. The first kappa shape index (κ1) is 35.1. The van der Waals surface area contributed by atoms with Crippen LogP contribution in [-0.4, -0.2) is 84.2 Å². The summed E-state index contributed by atoms with van der Waals surface area (Å²) in [4.78, 5) is 33.5. The number of benzene rings is 2. The van der Waals surface area contributed by atoms with Crippen molar-refractivity contribution in [2.24, 2.45) is 0 Å². The van der Waals surface area contributed by atoms with Gasteiger partial charge in [-0.25, -0.2) is 9.48 Å². The maximum atomic E-state index is 14.5. The number of aliphatic hydroxyl groups excluding tert-OH is 2. The summed E-state index contributed by atoms with van der Waals surface area (Å²) < 4.78 is 12.1. The third-order valence-corrected chi connectivity index (χ3v) is 9.65. The molecule has 0 aliphatic carbocycles. The minimum atomic E-state index is -0.870. The Morgan fingerprint density at radius 3 is 2.50 bits per heavy atom. The van der Waals surface area contributed by atoms with Crippen LogP contribution in [0.3, 0.4) is 0 Å². The summed E-state index contributed by atoms with van der Waals surface area (Å²) in [6.07, 6.45) is 3.68. The molecule has 11 nitrogen and oxygen atoms in total. The summed E-state index contributed by atoms with van der Waals surface area (Å²) in [5.41, 5.74) is 5.12. The fourth-order valence-corrected chi connectivity index (χ4v) is 6.75. The van der Waals surface area contributed by atoms with Crippen LogP contribution in [0.15, 0.2) is 65.1 Å². The number of rotatable bonds is 15. The molecule has 12 heteroatoms. The Bertz CT molecular complexity index is 1700. The van der Waals surface area contributed by atoms with Crippen molar-refractivity contribution in [1.82, 2.24) is 19.6 Å². The summed E-state index contributed by atoms with van der Waals surface area (Å²) in [6.45, 7) is 7.92. The molecule has 254 valence electrons. The van der Waals surface area contributed by atoms with Crippen LogP contribution in [-0.2, 0) is 17.7 Å². The smallest absolute Gasteiger partial charge is 0.373 e. The predicted molar refractivity (Wildman–Crippen MR) is 185 cm³/mol. The van der Waals surface area contributed by atoms with Crippen molar-refractivity contribution < 1.29 is 29.0 Å². The van der Waals surface area contributed by atoms with Crippen LogP contribution in [0.4, 0.5) is 5.69 Å². The van der Waals surface area contributed by atoms with Crippen LogP contribution in [0.5, 0.6) is 0 Å². The number of esters is 1. The molecule has 2 aromatic heterocycles. The number of nitrogens with one attached hydrogen (secondary N) is 1. The summed E-state index contributed by atoms with van der Waals surface area (Å²) in [5.74, 6) is -0.674. The van der Waals surface area contributed by atoms with Gasteiger partial charge in [0.05, 0.1) is 31.0 Å². The normalized spacial score (nSPS) is 15.0. The number of aromatic nitrogens is 2. The molecule has 0 saturated carbocycles. The van der Waals surface area contributed by atoms with E-state index in [1.165, 1.54) is 7.11 Å². The number of methoxy groups -OCH3 is 1. The predicted octanol–water partition coefficient (Wildman–Crippen LogP) is 4.37. The van der Waals surface area contributed by atoms with Crippen LogP contribution in [0.2, 0.25) is 0 Å². The van der Waals surface area contributed by atoms with Crippen molar-refractivity contribution in [3.63, 3.8) is 0 Å². The van der Waals surface area contributed by atoms with Crippen molar-refractivity contribution >= 4 is 32.6 Å². The summed E-state index contributed by atoms with van der Waals surface area (Å²) >= 11 is 0. The average molecular weight is 672 g/mol. The second-order valence-corrected chi connectivity index (χ2v) is 13.1. The van der Waals surface area contributed by atoms with Gasteiger partial charge in [0.15, 0.2) is 6.23 Å². The lowest BCUT2D eigenvalue weighted by Gasteiger charge is -2.36. The lowest BCUT2D eigenvalue weighted by Crippen LogP contribution is -2.46. The number of anilines is 1. The van der Waals surface area contributed by atoms with Gasteiger partial charge < -0.3 is 29.2 Å². The summed E-state index contributed by atoms with van der Waals surface area (Å²) in [7, 11) is 1.27. The van der Waals surface area contributed by atoms with Crippen LogP contribution < -0.4 is 10.4 Å². The molecule has 5 rings (SSSR count). The average Bonchev–Trinajstić information content (AvgIpc) is 3.76. The molecule has 0 saturated heterocycles. The molecular weight excluding hydrogens is 627 g/mol. The van der Waals surface area contributed by atoms with Crippen LogP contribution in [0.25, 0.3) is 5.69 Å². The van der Waals surface area contributed by atoms with Gasteiger partial charge in [-0.05, 0) is 73.7 Å². The molecule has 1 amide bonds. The Kier molecular flexibility index (Phi) is 11.9. The fourth-order valence-electron chi connectivity index (χ4n) is 6.00. The highest BCUT2D eigenvalue weighted by Gasteiger charge is 2.32. The van der Waals surface area contributed by atoms with E-state index in [0.717, 1.165) is 55.6 Å². The molecule has 2 atom stereocenters. The van der Waals surface area contributed by atoms with E-state index in [1.807, 2.05) is 49.4 Å².